The van der Waals surface area contributed by atoms with Crippen molar-refractivity contribution in [2.75, 3.05) is 5.75 Å². The summed E-state index contributed by atoms with van der Waals surface area (Å²) in [6, 6.07) is 8.08. The quantitative estimate of drug-likeness (QED) is 0.870. The monoisotopic (exact) mass is 345 g/mol. The van der Waals surface area contributed by atoms with Gasteiger partial charge in [-0.3, -0.25) is 4.79 Å². The Morgan fingerprint density at radius 3 is 2.88 bits per heavy atom. The van der Waals surface area contributed by atoms with Crippen LogP contribution in [0.5, 0.6) is 0 Å². The first-order chi connectivity index (χ1) is 11.7. The lowest BCUT2D eigenvalue weighted by Crippen LogP contribution is -2.39. The standard InChI is InChI=1S/C17H23N5OS/c1-2-24-16-5-3-4-14(11-16)19-17(23)10-13-6-8-15(9-7-13)22-12-18-20-21-22/h6-9,12,14,16H,2-5,10-11H2,1H3,(H,19,23)/t14-,16-/m1/s1. The van der Waals surface area contributed by atoms with Crippen LogP contribution >= 0.6 is 11.8 Å². The number of carbonyl (C=O) groups is 1. The molecule has 24 heavy (non-hydrogen) atoms. The van der Waals surface area contributed by atoms with E-state index in [9.17, 15) is 4.79 Å². The van der Waals surface area contributed by atoms with Gasteiger partial charge in [-0.25, -0.2) is 4.68 Å². The highest BCUT2D eigenvalue weighted by atomic mass is 32.2. The van der Waals surface area contributed by atoms with Crippen LogP contribution in [0.15, 0.2) is 30.6 Å². The molecule has 1 saturated carbocycles. The largest absolute Gasteiger partial charge is 0.353 e. The Balaban J connectivity index is 1.51. The summed E-state index contributed by atoms with van der Waals surface area (Å²) in [4.78, 5) is 12.3. The van der Waals surface area contributed by atoms with Crippen molar-refractivity contribution in [3.63, 3.8) is 0 Å². The highest BCUT2D eigenvalue weighted by Gasteiger charge is 2.23. The number of rotatable bonds is 6. The zero-order chi connectivity index (χ0) is 16.8. The number of aromatic nitrogens is 4. The summed E-state index contributed by atoms with van der Waals surface area (Å²) < 4.78 is 1.59. The molecule has 0 aliphatic heterocycles. The highest BCUT2D eigenvalue weighted by Crippen LogP contribution is 2.28. The number of benzene rings is 1. The summed E-state index contributed by atoms with van der Waals surface area (Å²) in [6.45, 7) is 2.20. The molecule has 0 bridgehead atoms. The summed E-state index contributed by atoms with van der Waals surface area (Å²) in [5.41, 5.74) is 1.88. The van der Waals surface area contributed by atoms with Gasteiger partial charge in [-0.15, -0.1) is 5.10 Å². The third-order valence-electron chi connectivity index (χ3n) is 4.31. The minimum atomic E-state index is 0.109. The van der Waals surface area contributed by atoms with Gasteiger partial charge in [-0.1, -0.05) is 25.5 Å². The Morgan fingerprint density at radius 2 is 2.17 bits per heavy atom. The predicted octanol–water partition coefficient (Wildman–Crippen LogP) is 2.39. The van der Waals surface area contributed by atoms with Gasteiger partial charge in [0.1, 0.15) is 6.33 Å². The molecule has 3 rings (SSSR count). The van der Waals surface area contributed by atoms with Gasteiger partial charge in [-0.05, 0) is 53.1 Å². The third kappa shape index (κ3) is 4.56. The first kappa shape index (κ1) is 17.0. The van der Waals surface area contributed by atoms with Crippen LogP contribution < -0.4 is 5.32 Å². The minimum absolute atomic E-state index is 0.109. The Morgan fingerprint density at radius 1 is 1.33 bits per heavy atom. The molecule has 128 valence electrons. The molecule has 1 aliphatic rings. The molecule has 6 nitrogen and oxygen atoms in total. The van der Waals surface area contributed by atoms with Crippen molar-refractivity contribution in [2.45, 2.75) is 50.3 Å². The van der Waals surface area contributed by atoms with Crippen LogP contribution in [-0.2, 0) is 11.2 Å². The van der Waals surface area contributed by atoms with Crippen molar-refractivity contribution >= 4 is 17.7 Å². The second-order valence-electron chi connectivity index (χ2n) is 6.11. The number of hydrogen-bond acceptors (Lipinski definition) is 5. The molecule has 7 heteroatoms. The van der Waals surface area contributed by atoms with Crippen LogP contribution in [0.4, 0.5) is 0 Å². The first-order valence-electron chi connectivity index (χ1n) is 8.48. The minimum Gasteiger partial charge on any atom is -0.353 e. The Hall–Kier alpha value is -1.89. The molecule has 1 aromatic carbocycles. The smallest absolute Gasteiger partial charge is 0.224 e. The lowest BCUT2D eigenvalue weighted by atomic mass is 9.94. The lowest BCUT2D eigenvalue weighted by molar-refractivity contribution is -0.121. The van der Waals surface area contributed by atoms with Gasteiger partial charge >= 0.3 is 0 Å². The lowest BCUT2D eigenvalue weighted by Gasteiger charge is -2.29. The van der Waals surface area contributed by atoms with Crippen molar-refractivity contribution < 1.29 is 4.79 Å². The van der Waals surface area contributed by atoms with Gasteiger partial charge in [0.2, 0.25) is 5.91 Å². The van der Waals surface area contributed by atoms with Crippen LogP contribution in [0.25, 0.3) is 5.69 Å². The summed E-state index contributed by atoms with van der Waals surface area (Å²) in [6.07, 6.45) is 6.66. The summed E-state index contributed by atoms with van der Waals surface area (Å²) in [5, 5.41) is 15.0. The van der Waals surface area contributed by atoms with E-state index in [1.54, 1.807) is 11.0 Å². The van der Waals surface area contributed by atoms with Gasteiger partial charge in [-0.2, -0.15) is 11.8 Å². The SMILES string of the molecule is CCS[C@@H]1CCC[C@@H](NC(=O)Cc2ccc(-n3cnnn3)cc2)C1. The van der Waals surface area contributed by atoms with Crippen LogP contribution in [0.1, 0.15) is 38.2 Å². The zero-order valence-corrected chi connectivity index (χ0v) is 14.7. The molecule has 1 amide bonds. The van der Waals surface area contributed by atoms with E-state index in [0.717, 1.165) is 29.8 Å². The molecular formula is C17H23N5OS. The molecule has 2 aromatic rings. The fourth-order valence-corrected chi connectivity index (χ4v) is 4.35. The maximum atomic E-state index is 12.3. The Labute approximate surface area is 146 Å². The van der Waals surface area contributed by atoms with Gasteiger partial charge < -0.3 is 5.32 Å². The highest BCUT2D eigenvalue weighted by molar-refractivity contribution is 7.99. The van der Waals surface area contributed by atoms with Crippen molar-refractivity contribution in [3.05, 3.63) is 36.2 Å². The Kier molecular flexibility index (Phi) is 5.85. The van der Waals surface area contributed by atoms with E-state index >= 15 is 0 Å². The number of thioether (sulfide) groups is 1. The topological polar surface area (TPSA) is 72.7 Å². The number of nitrogens with zero attached hydrogens (tertiary/aromatic N) is 4. The molecule has 1 fully saturated rings. The van der Waals surface area contributed by atoms with E-state index in [2.05, 4.69) is 27.8 Å². The molecule has 1 aliphatic carbocycles. The maximum Gasteiger partial charge on any atom is 0.224 e. The van der Waals surface area contributed by atoms with Crippen molar-refractivity contribution in [1.82, 2.24) is 25.5 Å². The predicted molar refractivity (Wildman–Crippen MR) is 95.2 cm³/mol. The third-order valence-corrected chi connectivity index (χ3v) is 5.54. The summed E-state index contributed by atoms with van der Waals surface area (Å²) in [7, 11) is 0. The van der Waals surface area contributed by atoms with Gasteiger partial charge in [0.15, 0.2) is 0 Å². The average molecular weight is 345 g/mol. The van der Waals surface area contributed by atoms with Crippen LogP contribution in [0.3, 0.4) is 0 Å². The van der Waals surface area contributed by atoms with E-state index in [1.807, 2.05) is 36.0 Å². The van der Waals surface area contributed by atoms with Crippen LogP contribution in [-0.4, -0.2) is 43.2 Å². The van der Waals surface area contributed by atoms with Crippen molar-refractivity contribution in [1.29, 1.82) is 0 Å². The number of amides is 1. The second kappa shape index (κ2) is 8.28. The van der Waals surface area contributed by atoms with Crippen molar-refractivity contribution in [2.24, 2.45) is 0 Å². The second-order valence-corrected chi connectivity index (χ2v) is 7.68. The summed E-state index contributed by atoms with van der Waals surface area (Å²) >= 11 is 2.02. The maximum absolute atomic E-state index is 12.3. The van der Waals surface area contributed by atoms with E-state index in [-0.39, 0.29) is 5.91 Å². The Bertz CT molecular complexity index is 642. The fourth-order valence-electron chi connectivity index (χ4n) is 3.17. The number of hydrogen-bond donors (Lipinski definition) is 1. The van der Waals surface area contributed by atoms with Crippen LogP contribution in [0, 0.1) is 0 Å². The van der Waals surface area contributed by atoms with E-state index in [1.165, 1.54) is 12.8 Å². The molecule has 0 unspecified atom stereocenters. The molecule has 2 atom stereocenters. The average Bonchev–Trinajstić information content (AvgIpc) is 3.10. The summed E-state index contributed by atoms with van der Waals surface area (Å²) in [5.74, 6) is 1.26. The normalized spacial score (nSPS) is 20.7. The van der Waals surface area contributed by atoms with Gasteiger partial charge in [0.05, 0.1) is 12.1 Å². The fraction of sp³-hybridized carbons (Fsp3) is 0.529. The number of nitrogens with one attached hydrogen (secondary N) is 1. The molecule has 0 radical (unpaired) electrons. The van der Waals surface area contributed by atoms with Gasteiger partial charge in [0.25, 0.3) is 0 Å². The van der Waals surface area contributed by atoms with E-state index in [4.69, 9.17) is 0 Å². The van der Waals surface area contributed by atoms with Gasteiger partial charge in [0, 0.05) is 11.3 Å². The molecule has 1 aromatic heterocycles. The number of tetrazole rings is 1. The molecule has 1 N–H and O–H groups in total. The van der Waals surface area contributed by atoms with E-state index in [0.29, 0.717) is 17.7 Å². The molecule has 0 spiro atoms. The molecule has 0 saturated heterocycles. The molecule has 1 heterocycles. The number of carbonyl (C=O) groups excluding carboxylic acids is 1. The zero-order valence-electron chi connectivity index (χ0n) is 13.9. The molecular weight excluding hydrogens is 322 g/mol. The van der Waals surface area contributed by atoms with Crippen LogP contribution in [0.2, 0.25) is 0 Å². The van der Waals surface area contributed by atoms with Crippen molar-refractivity contribution in [3.8, 4) is 5.69 Å². The van der Waals surface area contributed by atoms with E-state index < -0.39 is 0 Å². The first-order valence-corrected chi connectivity index (χ1v) is 9.52.